The highest BCUT2D eigenvalue weighted by molar-refractivity contribution is 9.10. The molecule has 0 radical (unpaired) electrons. The van der Waals surface area contributed by atoms with E-state index in [4.69, 9.17) is 22.4 Å². The summed E-state index contributed by atoms with van der Waals surface area (Å²) in [6, 6.07) is 2.26. The Balaban J connectivity index is 3.11. The molecular formula is C9H10BrClFNO. The standard InChI is InChI=1S/C9H10BrClFNO/c10-9-6(12)2-1-5(11)8(9)7(13)3-4-14/h1-2,7,14H,3-4,13H2/t7-/m1/s1. The maximum atomic E-state index is 13.1. The van der Waals surface area contributed by atoms with Gasteiger partial charge in [0.2, 0.25) is 0 Å². The van der Waals surface area contributed by atoms with Gasteiger partial charge in [-0.3, -0.25) is 0 Å². The van der Waals surface area contributed by atoms with Crippen molar-refractivity contribution in [1.82, 2.24) is 0 Å². The Labute approximate surface area is 95.0 Å². The van der Waals surface area contributed by atoms with E-state index in [1.54, 1.807) is 0 Å². The Bertz CT molecular complexity index is 335. The molecule has 0 unspecified atom stereocenters. The van der Waals surface area contributed by atoms with Crippen LogP contribution in [0, 0.1) is 5.82 Å². The summed E-state index contributed by atoms with van der Waals surface area (Å²) in [5.74, 6) is -0.405. The van der Waals surface area contributed by atoms with Gasteiger partial charge in [0.05, 0.1) is 4.47 Å². The maximum Gasteiger partial charge on any atom is 0.137 e. The minimum atomic E-state index is -0.461. The zero-order chi connectivity index (χ0) is 10.7. The molecule has 0 saturated carbocycles. The molecule has 1 rings (SSSR count). The summed E-state index contributed by atoms with van der Waals surface area (Å²) in [5.41, 5.74) is 6.24. The van der Waals surface area contributed by atoms with E-state index in [9.17, 15) is 4.39 Å². The molecule has 14 heavy (non-hydrogen) atoms. The van der Waals surface area contributed by atoms with Gasteiger partial charge >= 0.3 is 0 Å². The van der Waals surface area contributed by atoms with Crippen molar-refractivity contribution in [2.75, 3.05) is 6.61 Å². The van der Waals surface area contributed by atoms with Crippen LogP contribution in [0.5, 0.6) is 0 Å². The monoisotopic (exact) mass is 281 g/mol. The third-order valence-corrected chi connectivity index (χ3v) is 3.03. The van der Waals surface area contributed by atoms with Crippen molar-refractivity contribution in [3.8, 4) is 0 Å². The van der Waals surface area contributed by atoms with Crippen molar-refractivity contribution in [3.05, 3.63) is 33.0 Å². The number of nitrogens with two attached hydrogens (primary N) is 1. The number of hydrogen-bond donors (Lipinski definition) is 2. The molecule has 2 nitrogen and oxygen atoms in total. The van der Waals surface area contributed by atoms with E-state index in [1.807, 2.05) is 0 Å². The van der Waals surface area contributed by atoms with Crippen LogP contribution in [0.4, 0.5) is 4.39 Å². The van der Waals surface area contributed by atoms with E-state index >= 15 is 0 Å². The first-order chi connectivity index (χ1) is 6.57. The third-order valence-electron chi connectivity index (χ3n) is 1.89. The summed E-state index contributed by atoms with van der Waals surface area (Å²) in [4.78, 5) is 0. The first kappa shape index (κ1) is 11.9. The van der Waals surface area contributed by atoms with Crippen LogP contribution in [0.1, 0.15) is 18.0 Å². The second-order valence-electron chi connectivity index (χ2n) is 2.88. The molecule has 3 N–H and O–H groups in total. The largest absolute Gasteiger partial charge is 0.396 e. The lowest BCUT2D eigenvalue weighted by Gasteiger charge is -2.14. The molecule has 0 amide bonds. The van der Waals surface area contributed by atoms with Gasteiger partial charge in [0.1, 0.15) is 5.82 Å². The van der Waals surface area contributed by atoms with Crippen LogP contribution in [0.25, 0.3) is 0 Å². The molecule has 0 saturated heterocycles. The Hall–Kier alpha value is -0.160. The molecule has 1 aromatic carbocycles. The zero-order valence-electron chi connectivity index (χ0n) is 7.30. The van der Waals surface area contributed by atoms with E-state index in [2.05, 4.69) is 15.9 Å². The Morgan fingerprint density at radius 1 is 1.57 bits per heavy atom. The lowest BCUT2D eigenvalue weighted by Crippen LogP contribution is -2.13. The van der Waals surface area contributed by atoms with Gasteiger partial charge in [0, 0.05) is 23.2 Å². The Morgan fingerprint density at radius 2 is 2.21 bits per heavy atom. The molecule has 0 fully saturated rings. The topological polar surface area (TPSA) is 46.2 Å². The van der Waals surface area contributed by atoms with Crippen molar-refractivity contribution in [2.45, 2.75) is 12.5 Å². The van der Waals surface area contributed by atoms with Gasteiger partial charge in [-0.15, -0.1) is 0 Å². The molecule has 0 spiro atoms. The molecule has 0 bridgehead atoms. The number of aliphatic hydroxyl groups is 1. The van der Waals surface area contributed by atoms with Crippen molar-refractivity contribution < 1.29 is 9.50 Å². The predicted molar refractivity (Wildman–Crippen MR) is 57.7 cm³/mol. The number of aliphatic hydroxyl groups excluding tert-OH is 1. The molecule has 78 valence electrons. The highest BCUT2D eigenvalue weighted by atomic mass is 79.9. The average molecular weight is 283 g/mol. The van der Waals surface area contributed by atoms with Crippen molar-refractivity contribution in [3.63, 3.8) is 0 Å². The van der Waals surface area contributed by atoms with Crippen molar-refractivity contribution in [1.29, 1.82) is 0 Å². The fourth-order valence-corrected chi connectivity index (χ4v) is 2.22. The van der Waals surface area contributed by atoms with Crippen LogP contribution in [0.15, 0.2) is 16.6 Å². The summed E-state index contributed by atoms with van der Waals surface area (Å²) in [6.45, 7) is -0.0551. The predicted octanol–water partition coefficient (Wildman–Crippen LogP) is 2.62. The second kappa shape index (κ2) is 5.07. The van der Waals surface area contributed by atoms with Crippen molar-refractivity contribution >= 4 is 27.5 Å². The summed E-state index contributed by atoms with van der Waals surface area (Å²) in [6.07, 6.45) is 0.349. The normalized spacial score (nSPS) is 12.9. The van der Waals surface area contributed by atoms with Crippen molar-refractivity contribution in [2.24, 2.45) is 5.73 Å². The maximum absolute atomic E-state index is 13.1. The number of benzene rings is 1. The fraction of sp³-hybridized carbons (Fsp3) is 0.333. The van der Waals surface area contributed by atoms with Crippen LogP contribution in [0.3, 0.4) is 0 Å². The molecule has 1 aromatic rings. The SMILES string of the molecule is N[C@H](CCO)c1c(Cl)ccc(F)c1Br. The molecule has 1 atom stereocenters. The van der Waals surface area contributed by atoms with Gasteiger partial charge < -0.3 is 10.8 Å². The minimum absolute atomic E-state index is 0.0551. The van der Waals surface area contributed by atoms with E-state index in [0.29, 0.717) is 17.0 Å². The smallest absolute Gasteiger partial charge is 0.137 e. The molecular weight excluding hydrogens is 272 g/mol. The van der Waals surface area contributed by atoms with E-state index in [-0.39, 0.29) is 11.1 Å². The van der Waals surface area contributed by atoms with Gasteiger partial charge in [0.15, 0.2) is 0 Å². The van der Waals surface area contributed by atoms with E-state index in [1.165, 1.54) is 12.1 Å². The number of halogens is 3. The van der Waals surface area contributed by atoms with Gasteiger partial charge in [-0.25, -0.2) is 4.39 Å². The van der Waals surface area contributed by atoms with Crippen LogP contribution < -0.4 is 5.73 Å². The van der Waals surface area contributed by atoms with Crippen LogP contribution in [-0.2, 0) is 0 Å². The molecule has 0 aliphatic rings. The molecule has 0 aromatic heterocycles. The number of hydrogen-bond acceptors (Lipinski definition) is 2. The van der Waals surface area contributed by atoms with Gasteiger partial charge in [-0.2, -0.15) is 0 Å². The lowest BCUT2D eigenvalue weighted by molar-refractivity contribution is 0.276. The van der Waals surface area contributed by atoms with Crippen LogP contribution in [-0.4, -0.2) is 11.7 Å². The van der Waals surface area contributed by atoms with Crippen LogP contribution in [0.2, 0.25) is 5.02 Å². The van der Waals surface area contributed by atoms with E-state index in [0.717, 1.165) is 0 Å². The molecule has 0 aliphatic heterocycles. The van der Waals surface area contributed by atoms with Gasteiger partial charge in [-0.05, 0) is 34.5 Å². The fourth-order valence-electron chi connectivity index (χ4n) is 1.17. The quantitative estimate of drug-likeness (QED) is 0.837. The molecule has 5 heteroatoms. The van der Waals surface area contributed by atoms with Gasteiger partial charge in [-0.1, -0.05) is 11.6 Å². The summed E-state index contributed by atoms with van der Waals surface area (Å²) < 4.78 is 13.4. The summed E-state index contributed by atoms with van der Waals surface area (Å²) >= 11 is 8.95. The second-order valence-corrected chi connectivity index (χ2v) is 4.08. The first-order valence-corrected chi connectivity index (χ1v) is 5.25. The minimum Gasteiger partial charge on any atom is -0.396 e. The zero-order valence-corrected chi connectivity index (χ0v) is 9.65. The third kappa shape index (κ3) is 2.45. The number of rotatable bonds is 3. The Kier molecular flexibility index (Phi) is 4.31. The average Bonchev–Trinajstić information content (AvgIpc) is 2.13. The van der Waals surface area contributed by atoms with Gasteiger partial charge in [0.25, 0.3) is 0 Å². The highest BCUT2D eigenvalue weighted by Crippen LogP contribution is 2.32. The lowest BCUT2D eigenvalue weighted by atomic mass is 10.1. The van der Waals surface area contributed by atoms with Crippen LogP contribution >= 0.6 is 27.5 Å². The summed E-state index contributed by atoms with van der Waals surface area (Å²) in [7, 11) is 0. The summed E-state index contributed by atoms with van der Waals surface area (Å²) in [5, 5.41) is 9.12. The molecule has 0 aliphatic carbocycles. The first-order valence-electron chi connectivity index (χ1n) is 4.07. The van der Waals surface area contributed by atoms with E-state index < -0.39 is 11.9 Å². The molecule has 0 heterocycles. The Morgan fingerprint density at radius 3 is 2.79 bits per heavy atom. The highest BCUT2D eigenvalue weighted by Gasteiger charge is 2.16.